The van der Waals surface area contributed by atoms with Gasteiger partial charge in [-0.3, -0.25) is 0 Å². The Kier molecular flexibility index (Phi) is 2.72. The maximum absolute atomic E-state index is 5.99. The predicted molar refractivity (Wildman–Crippen MR) is 74.7 cm³/mol. The van der Waals surface area contributed by atoms with Crippen LogP contribution in [0, 0.1) is 0 Å². The summed E-state index contributed by atoms with van der Waals surface area (Å²) >= 11 is 5.75. The number of rotatable bonds is 1. The Morgan fingerprint density at radius 2 is 1.74 bits per heavy atom. The van der Waals surface area contributed by atoms with E-state index in [9.17, 15) is 0 Å². The second-order valence-electron chi connectivity index (χ2n) is 5.78. The summed E-state index contributed by atoms with van der Waals surface area (Å²) in [5, 5.41) is 0.140. The second kappa shape index (κ2) is 3.98. The molecule has 0 saturated carbocycles. The average molecular weight is 280 g/mol. The lowest BCUT2D eigenvalue weighted by Crippen LogP contribution is -2.41. The number of hydrogen-bond donors (Lipinski definition) is 0. The molecule has 0 unspecified atom stereocenters. The molecule has 19 heavy (non-hydrogen) atoms. The fourth-order valence-corrected chi connectivity index (χ4v) is 2.21. The number of benzene rings is 1. The molecule has 6 heteroatoms. The van der Waals surface area contributed by atoms with Gasteiger partial charge < -0.3 is 13.7 Å². The van der Waals surface area contributed by atoms with Crippen LogP contribution in [0.4, 0.5) is 0 Å². The van der Waals surface area contributed by atoms with E-state index in [-0.39, 0.29) is 16.6 Å². The first-order valence-electron chi connectivity index (χ1n) is 6.20. The lowest BCUT2D eigenvalue weighted by molar-refractivity contribution is 0.00578. The summed E-state index contributed by atoms with van der Waals surface area (Å²) in [6.07, 6.45) is 0. The van der Waals surface area contributed by atoms with E-state index >= 15 is 0 Å². The van der Waals surface area contributed by atoms with Crippen molar-refractivity contribution >= 4 is 35.3 Å². The number of halogens is 1. The predicted octanol–water partition coefficient (Wildman–Crippen LogP) is 2.78. The summed E-state index contributed by atoms with van der Waals surface area (Å²) in [4.78, 5) is 4.06. The van der Waals surface area contributed by atoms with Crippen molar-refractivity contribution in [3.8, 4) is 0 Å². The zero-order valence-corrected chi connectivity index (χ0v) is 12.1. The Bertz CT molecular complexity index is 622. The molecular weight excluding hydrogens is 264 g/mol. The van der Waals surface area contributed by atoms with Crippen molar-refractivity contribution in [3.05, 3.63) is 23.5 Å². The average Bonchev–Trinajstić information content (AvgIpc) is 2.74. The Labute approximate surface area is 117 Å². The van der Waals surface area contributed by atoms with Gasteiger partial charge in [0.1, 0.15) is 5.52 Å². The highest BCUT2D eigenvalue weighted by Crippen LogP contribution is 2.36. The molecule has 3 rings (SSSR count). The lowest BCUT2D eigenvalue weighted by Gasteiger charge is -2.32. The van der Waals surface area contributed by atoms with Gasteiger partial charge in [-0.05, 0) is 56.9 Å². The molecule has 0 atom stereocenters. The molecule has 4 nitrogen and oxygen atoms in total. The standard InChI is InChI=1S/C13H15BClNO3/c1-12(2)13(3,4)19-14(18-12)8-5-6-9-10(7-8)17-11(15)16-9/h5-7H,1-4H3. The summed E-state index contributed by atoms with van der Waals surface area (Å²) in [6.45, 7) is 8.10. The number of oxazole rings is 1. The summed E-state index contributed by atoms with van der Waals surface area (Å²) in [5.41, 5.74) is 1.55. The molecule has 1 saturated heterocycles. The first-order valence-corrected chi connectivity index (χ1v) is 6.58. The van der Waals surface area contributed by atoms with Crippen molar-refractivity contribution in [1.29, 1.82) is 0 Å². The molecule has 2 heterocycles. The molecule has 1 aliphatic rings. The van der Waals surface area contributed by atoms with E-state index in [0.29, 0.717) is 5.58 Å². The van der Waals surface area contributed by atoms with Gasteiger partial charge in [-0.15, -0.1) is 0 Å². The molecule has 0 radical (unpaired) electrons. The van der Waals surface area contributed by atoms with Crippen molar-refractivity contribution < 1.29 is 13.7 Å². The van der Waals surface area contributed by atoms with Gasteiger partial charge in [0.05, 0.1) is 11.2 Å². The summed E-state index contributed by atoms with van der Waals surface area (Å²) < 4.78 is 17.3. The quantitative estimate of drug-likeness (QED) is 0.753. The maximum Gasteiger partial charge on any atom is 0.494 e. The van der Waals surface area contributed by atoms with Crippen LogP contribution >= 0.6 is 11.6 Å². The second-order valence-corrected chi connectivity index (χ2v) is 6.11. The monoisotopic (exact) mass is 279 g/mol. The molecule has 1 aliphatic heterocycles. The lowest BCUT2D eigenvalue weighted by atomic mass is 9.79. The van der Waals surface area contributed by atoms with Gasteiger partial charge in [0.25, 0.3) is 5.35 Å². The Hall–Kier alpha value is -1.04. The van der Waals surface area contributed by atoms with E-state index in [1.807, 2.05) is 45.9 Å². The van der Waals surface area contributed by atoms with Crippen molar-refractivity contribution in [2.45, 2.75) is 38.9 Å². The first kappa shape index (κ1) is 13.0. The minimum absolute atomic E-state index is 0.140. The van der Waals surface area contributed by atoms with E-state index in [1.165, 1.54) is 0 Å². The third-order valence-electron chi connectivity index (χ3n) is 3.91. The van der Waals surface area contributed by atoms with Gasteiger partial charge >= 0.3 is 7.12 Å². The normalized spacial score (nSPS) is 21.2. The Morgan fingerprint density at radius 3 is 2.37 bits per heavy atom. The van der Waals surface area contributed by atoms with E-state index in [1.54, 1.807) is 0 Å². The molecule has 0 bridgehead atoms. The van der Waals surface area contributed by atoms with Gasteiger partial charge in [0.15, 0.2) is 5.58 Å². The van der Waals surface area contributed by atoms with Crippen LogP contribution in [0.2, 0.25) is 5.35 Å². The number of aromatic nitrogens is 1. The van der Waals surface area contributed by atoms with Crippen molar-refractivity contribution in [2.75, 3.05) is 0 Å². The van der Waals surface area contributed by atoms with Gasteiger partial charge in [0.2, 0.25) is 0 Å². The number of fused-ring (bicyclic) bond motifs is 1. The van der Waals surface area contributed by atoms with Crippen molar-refractivity contribution in [1.82, 2.24) is 4.98 Å². The van der Waals surface area contributed by atoms with Crippen molar-refractivity contribution in [3.63, 3.8) is 0 Å². The molecule has 1 fully saturated rings. The summed E-state index contributed by atoms with van der Waals surface area (Å²) in [5.74, 6) is 0. The summed E-state index contributed by atoms with van der Waals surface area (Å²) in [6, 6.07) is 5.63. The van der Waals surface area contributed by atoms with Gasteiger partial charge in [-0.2, -0.15) is 4.98 Å². The highest BCUT2D eigenvalue weighted by Gasteiger charge is 2.51. The van der Waals surface area contributed by atoms with E-state index in [4.69, 9.17) is 25.3 Å². The van der Waals surface area contributed by atoms with E-state index in [0.717, 1.165) is 11.0 Å². The molecule has 1 aromatic carbocycles. The number of nitrogens with zero attached hydrogens (tertiary/aromatic N) is 1. The topological polar surface area (TPSA) is 44.5 Å². The Morgan fingerprint density at radius 1 is 1.11 bits per heavy atom. The van der Waals surface area contributed by atoms with Crippen LogP contribution in [0.25, 0.3) is 11.1 Å². The van der Waals surface area contributed by atoms with Crippen LogP contribution < -0.4 is 5.46 Å². The minimum Gasteiger partial charge on any atom is -0.428 e. The molecular formula is C13H15BClNO3. The molecule has 0 spiro atoms. The zero-order valence-electron chi connectivity index (χ0n) is 11.4. The van der Waals surface area contributed by atoms with Crippen LogP contribution in [-0.4, -0.2) is 23.3 Å². The molecule has 0 aliphatic carbocycles. The fraction of sp³-hybridized carbons (Fsp3) is 0.462. The van der Waals surface area contributed by atoms with Gasteiger partial charge in [-0.25, -0.2) is 0 Å². The molecule has 0 N–H and O–H groups in total. The highest BCUT2D eigenvalue weighted by molar-refractivity contribution is 6.62. The van der Waals surface area contributed by atoms with Gasteiger partial charge in [0, 0.05) is 0 Å². The third kappa shape index (κ3) is 2.06. The van der Waals surface area contributed by atoms with Crippen LogP contribution in [0.1, 0.15) is 27.7 Å². The van der Waals surface area contributed by atoms with E-state index < -0.39 is 7.12 Å². The van der Waals surface area contributed by atoms with Crippen LogP contribution in [-0.2, 0) is 9.31 Å². The smallest absolute Gasteiger partial charge is 0.428 e. The Balaban J connectivity index is 1.97. The molecule has 100 valence electrons. The highest BCUT2D eigenvalue weighted by atomic mass is 35.5. The first-order chi connectivity index (χ1) is 8.78. The largest absolute Gasteiger partial charge is 0.494 e. The minimum atomic E-state index is -0.404. The van der Waals surface area contributed by atoms with Crippen LogP contribution in [0.3, 0.4) is 0 Å². The van der Waals surface area contributed by atoms with Crippen molar-refractivity contribution in [2.24, 2.45) is 0 Å². The summed E-state index contributed by atoms with van der Waals surface area (Å²) in [7, 11) is -0.404. The SMILES string of the molecule is CC1(C)OB(c2ccc3nc(Cl)oc3c2)OC1(C)C. The number of hydrogen-bond acceptors (Lipinski definition) is 4. The molecule has 1 aromatic heterocycles. The van der Waals surface area contributed by atoms with E-state index in [2.05, 4.69) is 4.98 Å². The zero-order chi connectivity index (χ0) is 13.8. The van der Waals surface area contributed by atoms with Crippen LogP contribution in [0.5, 0.6) is 0 Å². The fourth-order valence-electron chi connectivity index (χ4n) is 2.04. The maximum atomic E-state index is 5.99. The van der Waals surface area contributed by atoms with Crippen LogP contribution in [0.15, 0.2) is 22.6 Å². The molecule has 0 amide bonds. The third-order valence-corrected chi connectivity index (χ3v) is 4.07. The van der Waals surface area contributed by atoms with Gasteiger partial charge in [-0.1, -0.05) is 6.07 Å². The molecule has 2 aromatic rings.